The molecule has 0 bridgehead atoms. The van der Waals surface area contributed by atoms with Gasteiger partial charge in [-0.15, -0.1) is 0 Å². The van der Waals surface area contributed by atoms with Crippen molar-refractivity contribution in [2.24, 2.45) is 0 Å². The van der Waals surface area contributed by atoms with E-state index in [1.54, 1.807) is 19.2 Å². The van der Waals surface area contributed by atoms with Gasteiger partial charge in [0.25, 0.3) is 5.91 Å². The summed E-state index contributed by atoms with van der Waals surface area (Å²) in [4.78, 5) is 12.6. The number of rotatable bonds is 5. The lowest BCUT2D eigenvalue weighted by atomic mass is 10.2. The molecule has 0 aliphatic rings. The van der Waals surface area contributed by atoms with Crippen molar-refractivity contribution < 1.29 is 13.9 Å². The third kappa shape index (κ3) is 3.13. The molecule has 0 spiro atoms. The van der Waals surface area contributed by atoms with Gasteiger partial charge in [0.2, 0.25) is 0 Å². The van der Waals surface area contributed by atoms with E-state index in [-0.39, 0.29) is 11.7 Å². The number of nitrogens with one attached hydrogen (secondary N) is 1. The van der Waals surface area contributed by atoms with Crippen LogP contribution in [-0.4, -0.2) is 22.8 Å². The average molecular weight is 375 g/mol. The number of hydrogen-bond donors (Lipinski definition) is 1. The Hall–Kier alpha value is -3.54. The molecule has 6 nitrogen and oxygen atoms in total. The molecule has 1 amide bonds. The second-order valence-corrected chi connectivity index (χ2v) is 6.57. The number of aromatic nitrogens is 2. The minimum Gasteiger partial charge on any atom is -0.493 e. The lowest BCUT2D eigenvalue weighted by molar-refractivity contribution is 0.0925. The van der Waals surface area contributed by atoms with Crippen LogP contribution in [0, 0.1) is 13.8 Å². The van der Waals surface area contributed by atoms with Crippen LogP contribution in [0.2, 0.25) is 0 Å². The Kier molecular flexibility index (Phi) is 4.61. The maximum absolute atomic E-state index is 12.6. The highest BCUT2D eigenvalue weighted by Crippen LogP contribution is 2.28. The van der Waals surface area contributed by atoms with E-state index in [9.17, 15) is 4.79 Å². The Morgan fingerprint density at radius 2 is 1.93 bits per heavy atom. The van der Waals surface area contributed by atoms with Crippen molar-refractivity contribution in [2.45, 2.75) is 20.4 Å². The van der Waals surface area contributed by atoms with Crippen LogP contribution in [0.1, 0.15) is 27.5 Å². The number of nitrogens with zero attached hydrogens (tertiary/aromatic N) is 2. The van der Waals surface area contributed by atoms with Crippen LogP contribution in [-0.2, 0) is 6.54 Å². The minimum atomic E-state index is -0.274. The second-order valence-electron chi connectivity index (χ2n) is 6.57. The van der Waals surface area contributed by atoms with Crippen molar-refractivity contribution in [3.8, 4) is 11.4 Å². The number of carbonyl (C=O) groups is 1. The fourth-order valence-electron chi connectivity index (χ4n) is 3.32. The van der Waals surface area contributed by atoms with Crippen molar-refractivity contribution in [3.05, 3.63) is 77.3 Å². The molecule has 28 heavy (non-hydrogen) atoms. The van der Waals surface area contributed by atoms with Gasteiger partial charge in [-0.1, -0.05) is 30.3 Å². The van der Waals surface area contributed by atoms with Crippen molar-refractivity contribution in [3.63, 3.8) is 0 Å². The number of benzene rings is 2. The monoisotopic (exact) mass is 375 g/mol. The zero-order valence-electron chi connectivity index (χ0n) is 16.0. The molecule has 0 radical (unpaired) electrons. The van der Waals surface area contributed by atoms with Crippen LogP contribution in [0.5, 0.6) is 5.75 Å². The first-order valence-corrected chi connectivity index (χ1v) is 9.03. The third-order valence-corrected chi connectivity index (χ3v) is 4.82. The molecule has 2 aromatic heterocycles. The maximum Gasteiger partial charge on any atom is 0.287 e. The quantitative estimate of drug-likeness (QED) is 0.568. The molecule has 0 aliphatic carbocycles. The van der Waals surface area contributed by atoms with Gasteiger partial charge in [-0.25, -0.2) is 4.68 Å². The topological polar surface area (TPSA) is 69.3 Å². The molecule has 0 saturated carbocycles. The molecule has 6 heteroatoms. The van der Waals surface area contributed by atoms with E-state index >= 15 is 0 Å². The van der Waals surface area contributed by atoms with Crippen molar-refractivity contribution in [1.29, 1.82) is 0 Å². The summed E-state index contributed by atoms with van der Waals surface area (Å²) in [6.45, 7) is 4.32. The lowest BCUT2D eigenvalue weighted by Crippen LogP contribution is -2.22. The summed E-state index contributed by atoms with van der Waals surface area (Å²) < 4.78 is 12.9. The van der Waals surface area contributed by atoms with Gasteiger partial charge in [-0.05, 0) is 38.1 Å². The summed E-state index contributed by atoms with van der Waals surface area (Å²) in [5, 5.41) is 8.37. The van der Waals surface area contributed by atoms with E-state index in [0.717, 1.165) is 28.0 Å². The highest BCUT2D eigenvalue weighted by Gasteiger charge is 2.17. The van der Waals surface area contributed by atoms with Crippen LogP contribution in [0.3, 0.4) is 0 Å². The van der Waals surface area contributed by atoms with Crippen molar-refractivity contribution >= 4 is 16.9 Å². The predicted octanol–water partition coefficient (Wildman–Crippen LogP) is 4.17. The number of carbonyl (C=O) groups excluding carboxylic acids is 1. The largest absolute Gasteiger partial charge is 0.493 e. The van der Waals surface area contributed by atoms with Gasteiger partial charge in [-0.3, -0.25) is 4.79 Å². The normalized spacial score (nSPS) is 11.0. The molecule has 142 valence electrons. The van der Waals surface area contributed by atoms with Gasteiger partial charge in [0, 0.05) is 23.2 Å². The smallest absolute Gasteiger partial charge is 0.287 e. The molecule has 4 aromatic rings. The van der Waals surface area contributed by atoms with Gasteiger partial charge in [-0.2, -0.15) is 5.10 Å². The number of fused-ring (bicyclic) bond motifs is 1. The molecule has 1 N–H and O–H groups in total. The van der Waals surface area contributed by atoms with E-state index in [1.807, 2.05) is 61.0 Å². The fourth-order valence-corrected chi connectivity index (χ4v) is 3.32. The zero-order chi connectivity index (χ0) is 19.7. The Bertz CT molecular complexity index is 1140. The first-order valence-electron chi connectivity index (χ1n) is 9.03. The van der Waals surface area contributed by atoms with Crippen LogP contribution < -0.4 is 10.1 Å². The number of ether oxygens (including phenoxy) is 1. The van der Waals surface area contributed by atoms with E-state index in [0.29, 0.717) is 17.9 Å². The van der Waals surface area contributed by atoms with Crippen LogP contribution in [0.4, 0.5) is 0 Å². The second kappa shape index (κ2) is 7.23. The van der Waals surface area contributed by atoms with Crippen LogP contribution >= 0.6 is 0 Å². The number of para-hydroxylation sites is 2. The van der Waals surface area contributed by atoms with E-state index in [4.69, 9.17) is 9.15 Å². The Labute approximate surface area is 162 Å². The number of hydrogen-bond acceptors (Lipinski definition) is 4. The zero-order valence-corrected chi connectivity index (χ0v) is 16.0. The first-order chi connectivity index (χ1) is 13.6. The molecule has 0 aliphatic heterocycles. The van der Waals surface area contributed by atoms with E-state index in [1.165, 1.54) is 0 Å². The van der Waals surface area contributed by atoms with Gasteiger partial charge in [0.1, 0.15) is 0 Å². The number of aryl methyl sites for hydroxylation is 1. The Balaban J connectivity index is 1.55. The van der Waals surface area contributed by atoms with E-state index < -0.39 is 0 Å². The lowest BCUT2D eigenvalue weighted by Gasteiger charge is -2.06. The third-order valence-electron chi connectivity index (χ3n) is 4.82. The van der Waals surface area contributed by atoms with Gasteiger partial charge < -0.3 is 14.5 Å². The van der Waals surface area contributed by atoms with Gasteiger partial charge in [0.05, 0.1) is 18.5 Å². The van der Waals surface area contributed by atoms with Crippen LogP contribution in [0.15, 0.2) is 59.0 Å². The van der Waals surface area contributed by atoms with Crippen molar-refractivity contribution in [1.82, 2.24) is 15.1 Å². The average Bonchev–Trinajstić information content (AvgIpc) is 3.28. The fraction of sp³-hybridized carbons (Fsp3) is 0.182. The highest BCUT2D eigenvalue weighted by atomic mass is 16.5. The maximum atomic E-state index is 12.6. The molecule has 4 rings (SSSR count). The number of furan rings is 1. The van der Waals surface area contributed by atoms with Gasteiger partial charge >= 0.3 is 0 Å². The summed E-state index contributed by atoms with van der Waals surface area (Å²) in [6, 6.07) is 17.2. The summed E-state index contributed by atoms with van der Waals surface area (Å²) in [5.74, 6) is 0.585. The summed E-state index contributed by atoms with van der Waals surface area (Å²) in [6.07, 6.45) is 0. The Morgan fingerprint density at radius 3 is 2.68 bits per heavy atom. The van der Waals surface area contributed by atoms with Gasteiger partial charge in [0.15, 0.2) is 17.1 Å². The number of methoxy groups -OCH3 is 1. The molecule has 2 aromatic carbocycles. The van der Waals surface area contributed by atoms with E-state index in [2.05, 4.69) is 10.4 Å². The molecule has 0 unspecified atom stereocenters. The molecular weight excluding hydrogens is 354 g/mol. The van der Waals surface area contributed by atoms with Crippen molar-refractivity contribution in [2.75, 3.05) is 7.11 Å². The summed E-state index contributed by atoms with van der Waals surface area (Å²) in [5.41, 5.74) is 4.43. The molecule has 0 saturated heterocycles. The molecule has 2 heterocycles. The molecule has 0 atom stereocenters. The summed E-state index contributed by atoms with van der Waals surface area (Å²) in [7, 11) is 1.58. The molecular formula is C22H21N3O3. The summed E-state index contributed by atoms with van der Waals surface area (Å²) >= 11 is 0. The highest BCUT2D eigenvalue weighted by molar-refractivity contribution is 5.97. The standard InChI is InChI=1S/C22H21N3O3/c1-14-18(15(2)25(24-14)17-9-5-4-6-10-17)13-23-22(26)20-12-16-8-7-11-19(27-3)21(16)28-20/h4-12H,13H2,1-3H3,(H,23,26). The molecule has 0 fully saturated rings. The number of amides is 1. The first kappa shape index (κ1) is 17.9. The Morgan fingerprint density at radius 1 is 1.14 bits per heavy atom. The SMILES string of the molecule is COc1cccc2cc(C(=O)NCc3c(C)nn(-c4ccccc4)c3C)oc12. The predicted molar refractivity (Wildman–Crippen MR) is 107 cm³/mol. The minimum absolute atomic E-state index is 0.255. The van der Waals surface area contributed by atoms with Crippen LogP contribution in [0.25, 0.3) is 16.7 Å².